The summed E-state index contributed by atoms with van der Waals surface area (Å²) in [5.41, 5.74) is 0. The zero-order chi connectivity index (χ0) is 7.28. The van der Waals surface area contributed by atoms with Crippen LogP contribution in [0, 0.1) is 0 Å². The van der Waals surface area contributed by atoms with Gasteiger partial charge in [-0.2, -0.15) is 0 Å². The van der Waals surface area contributed by atoms with Gasteiger partial charge in [-0.3, -0.25) is 0 Å². The molecule has 0 saturated heterocycles. The van der Waals surface area contributed by atoms with E-state index in [4.69, 9.17) is 4.74 Å². The van der Waals surface area contributed by atoms with Gasteiger partial charge in [0.15, 0.2) is 0 Å². The summed E-state index contributed by atoms with van der Waals surface area (Å²) in [6, 6.07) is 0. The van der Waals surface area contributed by atoms with Crippen LogP contribution in [0.15, 0.2) is 0 Å². The first-order chi connectivity index (χ1) is 4.20. The van der Waals surface area contributed by atoms with E-state index in [0.717, 1.165) is 0 Å². The second-order valence-electron chi connectivity index (χ2n) is 1.82. The molecule has 0 fully saturated rings. The van der Waals surface area contributed by atoms with E-state index < -0.39 is 12.2 Å². The first-order valence-electron chi connectivity index (χ1n) is 2.76. The smallest absolute Gasteiger partial charge is 0.148 e. The summed E-state index contributed by atoms with van der Waals surface area (Å²) in [6.07, 6.45) is 0.343. The summed E-state index contributed by atoms with van der Waals surface area (Å²) in [6.45, 7) is 3.18. The predicted molar refractivity (Wildman–Crippen MR) is 32.1 cm³/mol. The minimum atomic E-state index is -0.481. The highest BCUT2D eigenvalue weighted by Gasteiger charge is 2.04. The number of hydrogen-bond donors (Lipinski definition) is 0. The number of ether oxygens (including phenoxy) is 1. The minimum absolute atomic E-state index is 0.481. The fourth-order valence-electron chi connectivity index (χ4n) is 0.403. The predicted octanol–water partition coefficient (Wildman–Crippen LogP) is 0.178. The molecule has 52 valence electrons. The van der Waals surface area contributed by atoms with Crippen molar-refractivity contribution >= 4 is 12.6 Å². The number of carbonyl (C=O) groups excluding carboxylic acids is 2. The van der Waals surface area contributed by atoms with Gasteiger partial charge in [-0.15, -0.1) is 0 Å². The minimum Gasteiger partial charge on any atom is -0.361 e. The SMILES string of the molecule is C[C@@H](C=O)O[C@@H](C)C=O. The number of aldehydes is 2. The van der Waals surface area contributed by atoms with Crippen LogP contribution in [-0.4, -0.2) is 24.8 Å². The summed E-state index contributed by atoms with van der Waals surface area (Å²) in [4.78, 5) is 19.8. The van der Waals surface area contributed by atoms with Gasteiger partial charge in [-0.05, 0) is 13.8 Å². The third-order valence-electron chi connectivity index (χ3n) is 0.813. The van der Waals surface area contributed by atoms with Gasteiger partial charge >= 0.3 is 0 Å². The summed E-state index contributed by atoms with van der Waals surface area (Å²) >= 11 is 0. The summed E-state index contributed by atoms with van der Waals surface area (Å²) < 4.78 is 4.81. The first-order valence-corrected chi connectivity index (χ1v) is 2.76. The van der Waals surface area contributed by atoms with Crippen LogP contribution in [0.2, 0.25) is 0 Å². The second-order valence-corrected chi connectivity index (χ2v) is 1.82. The van der Waals surface area contributed by atoms with Gasteiger partial charge in [0.1, 0.15) is 24.8 Å². The molecule has 0 unspecified atom stereocenters. The Bertz CT molecular complexity index is 88.5. The van der Waals surface area contributed by atoms with Gasteiger partial charge in [0.05, 0.1) is 0 Å². The van der Waals surface area contributed by atoms with Gasteiger partial charge in [-0.1, -0.05) is 0 Å². The monoisotopic (exact) mass is 130 g/mol. The normalized spacial score (nSPS) is 16.2. The molecule has 0 radical (unpaired) electrons. The van der Waals surface area contributed by atoms with E-state index in [-0.39, 0.29) is 0 Å². The molecule has 0 bridgehead atoms. The molecule has 0 rings (SSSR count). The molecule has 3 heteroatoms. The third kappa shape index (κ3) is 3.85. The van der Waals surface area contributed by atoms with Crippen molar-refractivity contribution < 1.29 is 14.3 Å². The third-order valence-corrected chi connectivity index (χ3v) is 0.813. The van der Waals surface area contributed by atoms with E-state index in [9.17, 15) is 9.59 Å². The Morgan fingerprint density at radius 1 is 1.11 bits per heavy atom. The molecule has 0 heterocycles. The molecule has 0 saturated carbocycles. The Balaban J connectivity index is 3.45. The lowest BCUT2D eigenvalue weighted by Crippen LogP contribution is -2.18. The van der Waals surface area contributed by atoms with Crippen molar-refractivity contribution in [2.75, 3.05) is 0 Å². The Kier molecular flexibility index (Phi) is 3.88. The fourth-order valence-corrected chi connectivity index (χ4v) is 0.403. The van der Waals surface area contributed by atoms with Crippen LogP contribution < -0.4 is 0 Å². The molecule has 0 aliphatic heterocycles. The van der Waals surface area contributed by atoms with Crippen molar-refractivity contribution in [1.29, 1.82) is 0 Å². The number of carbonyl (C=O) groups is 2. The molecule has 3 nitrogen and oxygen atoms in total. The highest BCUT2D eigenvalue weighted by Crippen LogP contribution is 1.90. The molecule has 0 amide bonds. The Morgan fingerprint density at radius 2 is 1.44 bits per heavy atom. The van der Waals surface area contributed by atoms with E-state index in [1.807, 2.05) is 0 Å². The lowest BCUT2D eigenvalue weighted by molar-refractivity contribution is -0.127. The molecule has 0 aliphatic carbocycles. The average Bonchev–Trinajstić information content (AvgIpc) is 1.87. The summed E-state index contributed by atoms with van der Waals surface area (Å²) in [7, 11) is 0. The van der Waals surface area contributed by atoms with E-state index in [1.54, 1.807) is 13.8 Å². The maximum atomic E-state index is 9.92. The highest BCUT2D eigenvalue weighted by atomic mass is 16.5. The lowest BCUT2D eigenvalue weighted by atomic mass is 10.4. The first kappa shape index (κ1) is 8.30. The summed E-state index contributed by atoms with van der Waals surface area (Å²) in [5, 5.41) is 0. The van der Waals surface area contributed by atoms with Gasteiger partial charge in [-0.25, -0.2) is 0 Å². The fraction of sp³-hybridized carbons (Fsp3) is 0.667. The Morgan fingerprint density at radius 3 is 1.67 bits per heavy atom. The van der Waals surface area contributed by atoms with Crippen molar-refractivity contribution in [3.8, 4) is 0 Å². The molecular formula is C6H10O3. The highest BCUT2D eigenvalue weighted by molar-refractivity contribution is 5.58. The maximum absolute atomic E-state index is 9.92. The standard InChI is InChI=1S/C6H10O3/c1-5(3-7)9-6(2)4-8/h3-6H,1-2H3/t5-,6-/m0/s1. The Labute approximate surface area is 54.0 Å². The Hall–Kier alpha value is -0.700. The van der Waals surface area contributed by atoms with Crippen LogP contribution in [0.25, 0.3) is 0 Å². The van der Waals surface area contributed by atoms with Gasteiger partial charge in [0, 0.05) is 0 Å². The van der Waals surface area contributed by atoms with Crippen LogP contribution >= 0.6 is 0 Å². The van der Waals surface area contributed by atoms with E-state index in [2.05, 4.69) is 0 Å². The van der Waals surface area contributed by atoms with Crippen molar-refractivity contribution in [2.24, 2.45) is 0 Å². The zero-order valence-corrected chi connectivity index (χ0v) is 5.53. The van der Waals surface area contributed by atoms with E-state index in [0.29, 0.717) is 12.6 Å². The van der Waals surface area contributed by atoms with Crippen molar-refractivity contribution in [1.82, 2.24) is 0 Å². The largest absolute Gasteiger partial charge is 0.361 e. The molecular weight excluding hydrogens is 120 g/mol. The lowest BCUT2D eigenvalue weighted by Gasteiger charge is -2.07. The molecule has 0 aliphatic rings. The maximum Gasteiger partial charge on any atom is 0.148 e. The molecule has 0 aromatic heterocycles. The average molecular weight is 130 g/mol. The molecule has 0 N–H and O–H groups in total. The molecule has 0 spiro atoms. The van der Waals surface area contributed by atoms with E-state index >= 15 is 0 Å². The van der Waals surface area contributed by atoms with Crippen LogP contribution in [-0.2, 0) is 14.3 Å². The summed E-state index contributed by atoms with van der Waals surface area (Å²) in [5.74, 6) is 0. The van der Waals surface area contributed by atoms with E-state index in [1.165, 1.54) is 0 Å². The molecule has 9 heavy (non-hydrogen) atoms. The van der Waals surface area contributed by atoms with Gasteiger partial charge in [0.2, 0.25) is 0 Å². The van der Waals surface area contributed by atoms with Crippen LogP contribution in [0.5, 0.6) is 0 Å². The van der Waals surface area contributed by atoms with Crippen LogP contribution in [0.4, 0.5) is 0 Å². The topological polar surface area (TPSA) is 43.4 Å². The van der Waals surface area contributed by atoms with Gasteiger partial charge < -0.3 is 14.3 Å². The molecule has 0 aromatic carbocycles. The molecule has 2 atom stereocenters. The van der Waals surface area contributed by atoms with Crippen molar-refractivity contribution in [3.63, 3.8) is 0 Å². The quantitative estimate of drug-likeness (QED) is 0.510. The number of rotatable bonds is 4. The van der Waals surface area contributed by atoms with Crippen LogP contribution in [0.1, 0.15) is 13.8 Å². The second kappa shape index (κ2) is 4.21. The molecule has 0 aromatic rings. The zero-order valence-electron chi connectivity index (χ0n) is 5.53. The van der Waals surface area contributed by atoms with Crippen molar-refractivity contribution in [3.05, 3.63) is 0 Å². The van der Waals surface area contributed by atoms with Crippen molar-refractivity contribution in [2.45, 2.75) is 26.1 Å². The van der Waals surface area contributed by atoms with Gasteiger partial charge in [0.25, 0.3) is 0 Å². The van der Waals surface area contributed by atoms with Crippen LogP contribution in [0.3, 0.4) is 0 Å². The number of hydrogen-bond acceptors (Lipinski definition) is 3.